The van der Waals surface area contributed by atoms with Crippen molar-refractivity contribution in [3.8, 4) is 0 Å². The molecule has 0 radical (unpaired) electrons. The first-order valence-corrected chi connectivity index (χ1v) is 8.16. The van der Waals surface area contributed by atoms with Crippen LogP contribution in [0.25, 0.3) is 0 Å². The first-order chi connectivity index (χ1) is 10.1. The van der Waals surface area contributed by atoms with E-state index >= 15 is 0 Å². The lowest BCUT2D eigenvalue weighted by atomic mass is 10.1. The number of guanidine groups is 1. The summed E-state index contributed by atoms with van der Waals surface area (Å²) in [5.41, 5.74) is 0. The number of hydrogen-bond donors (Lipinski definition) is 2. The first kappa shape index (κ1) is 24.2. The van der Waals surface area contributed by atoms with Crippen LogP contribution in [0.4, 0.5) is 0 Å². The van der Waals surface area contributed by atoms with Gasteiger partial charge in [-0.1, -0.05) is 27.7 Å². The zero-order valence-corrected chi connectivity index (χ0v) is 17.3. The number of halogens is 1. The minimum Gasteiger partial charge on any atom is -0.381 e. The second-order valence-corrected chi connectivity index (χ2v) is 6.04. The average molecular weight is 429 g/mol. The topological polar surface area (TPSA) is 54.9 Å². The van der Waals surface area contributed by atoms with Crippen molar-refractivity contribution in [2.24, 2.45) is 16.8 Å². The Labute approximate surface area is 154 Å². The lowest BCUT2D eigenvalue weighted by Crippen LogP contribution is -2.39. The Morgan fingerprint density at radius 3 is 2.18 bits per heavy atom. The molecule has 0 heterocycles. The summed E-state index contributed by atoms with van der Waals surface area (Å²) in [5.74, 6) is 2.12. The molecular formula is C16H36IN3O2. The van der Waals surface area contributed by atoms with E-state index in [9.17, 15) is 0 Å². The second-order valence-electron chi connectivity index (χ2n) is 6.04. The maximum Gasteiger partial charge on any atom is 0.191 e. The molecule has 0 aliphatic heterocycles. The van der Waals surface area contributed by atoms with E-state index in [1.54, 1.807) is 7.05 Å². The smallest absolute Gasteiger partial charge is 0.191 e. The summed E-state index contributed by atoms with van der Waals surface area (Å²) in [5, 5.41) is 6.51. The lowest BCUT2D eigenvalue weighted by molar-refractivity contribution is 0.108. The van der Waals surface area contributed by atoms with Gasteiger partial charge in [0.2, 0.25) is 0 Å². The van der Waals surface area contributed by atoms with Crippen molar-refractivity contribution in [3.05, 3.63) is 0 Å². The largest absolute Gasteiger partial charge is 0.381 e. The van der Waals surface area contributed by atoms with Crippen molar-refractivity contribution in [1.29, 1.82) is 0 Å². The Bertz CT molecular complexity index is 240. The van der Waals surface area contributed by atoms with Crippen LogP contribution in [0.5, 0.6) is 0 Å². The summed E-state index contributed by atoms with van der Waals surface area (Å²) < 4.78 is 11.1. The Balaban J connectivity index is 0. The highest BCUT2D eigenvalue weighted by Crippen LogP contribution is 1.98. The Morgan fingerprint density at radius 1 is 0.909 bits per heavy atom. The highest BCUT2D eigenvalue weighted by atomic mass is 127. The minimum absolute atomic E-state index is 0. The van der Waals surface area contributed by atoms with E-state index in [2.05, 4.69) is 43.3 Å². The molecule has 0 aromatic rings. The fourth-order valence-corrected chi connectivity index (χ4v) is 1.58. The molecule has 0 rings (SSSR count). The molecule has 0 aliphatic carbocycles. The summed E-state index contributed by atoms with van der Waals surface area (Å²) in [4.78, 5) is 4.18. The Hall–Kier alpha value is -0.0800. The normalized spacial score (nSPS) is 11.7. The van der Waals surface area contributed by atoms with Gasteiger partial charge in [-0.05, 0) is 24.7 Å². The third kappa shape index (κ3) is 18.0. The van der Waals surface area contributed by atoms with Gasteiger partial charge in [-0.25, -0.2) is 0 Å². The Morgan fingerprint density at radius 2 is 1.59 bits per heavy atom. The van der Waals surface area contributed by atoms with Crippen molar-refractivity contribution in [2.75, 3.05) is 46.6 Å². The molecule has 0 fully saturated rings. The number of aliphatic imine (C=N–C) groups is 1. The molecule has 6 heteroatoms. The molecule has 0 saturated carbocycles. The molecule has 0 atom stereocenters. The molecule has 0 aromatic carbocycles. The van der Waals surface area contributed by atoms with Gasteiger partial charge in [-0.3, -0.25) is 4.99 Å². The third-order valence-corrected chi connectivity index (χ3v) is 2.81. The Kier molecular flexibility index (Phi) is 19.0. The molecule has 0 aliphatic rings. The van der Waals surface area contributed by atoms with Gasteiger partial charge in [-0.15, -0.1) is 24.0 Å². The monoisotopic (exact) mass is 429 g/mol. The molecule has 5 nitrogen and oxygen atoms in total. The highest BCUT2D eigenvalue weighted by Gasteiger charge is 1.98. The number of nitrogens with zero attached hydrogens (tertiary/aromatic N) is 1. The lowest BCUT2D eigenvalue weighted by Gasteiger charge is -2.12. The van der Waals surface area contributed by atoms with Crippen LogP contribution in [0.1, 0.15) is 40.5 Å². The molecule has 22 heavy (non-hydrogen) atoms. The fourth-order valence-electron chi connectivity index (χ4n) is 1.58. The SMILES string of the molecule is CN=C(NCCCOCC(C)C)NCCOCCC(C)C.I. The quantitative estimate of drug-likeness (QED) is 0.217. The first-order valence-electron chi connectivity index (χ1n) is 8.16. The van der Waals surface area contributed by atoms with Crippen LogP contribution in [0, 0.1) is 11.8 Å². The van der Waals surface area contributed by atoms with E-state index in [1.165, 1.54) is 0 Å². The summed E-state index contributed by atoms with van der Waals surface area (Å²) in [6, 6.07) is 0. The zero-order chi connectivity index (χ0) is 15.9. The van der Waals surface area contributed by atoms with Gasteiger partial charge < -0.3 is 20.1 Å². The molecule has 134 valence electrons. The zero-order valence-electron chi connectivity index (χ0n) is 15.0. The van der Waals surface area contributed by atoms with Gasteiger partial charge in [0, 0.05) is 40.0 Å². The van der Waals surface area contributed by atoms with Gasteiger partial charge in [0.25, 0.3) is 0 Å². The number of nitrogens with one attached hydrogen (secondary N) is 2. The molecule has 0 saturated heterocycles. The van der Waals surface area contributed by atoms with Gasteiger partial charge >= 0.3 is 0 Å². The van der Waals surface area contributed by atoms with E-state index in [0.29, 0.717) is 18.4 Å². The predicted molar refractivity (Wildman–Crippen MR) is 105 cm³/mol. The van der Waals surface area contributed by atoms with Crippen LogP contribution in [0.3, 0.4) is 0 Å². The van der Waals surface area contributed by atoms with Crippen LogP contribution in [-0.4, -0.2) is 52.5 Å². The average Bonchev–Trinajstić information content (AvgIpc) is 2.43. The van der Waals surface area contributed by atoms with Crippen LogP contribution in [-0.2, 0) is 9.47 Å². The van der Waals surface area contributed by atoms with Crippen LogP contribution >= 0.6 is 24.0 Å². The number of rotatable bonds is 12. The standard InChI is InChI=1S/C16H35N3O2.HI/c1-14(2)7-11-20-12-9-19-16(17-5)18-8-6-10-21-13-15(3)4;/h14-15H,6-13H2,1-5H3,(H2,17,18,19);1H. The fraction of sp³-hybridized carbons (Fsp3) is 0.938. The molecule has 0 aromatic heterocycles. The van der Waals surface area contributed by atoms with Crippen LogP contribution in [0.15, 0.2) is 4.99 Å². The van der Waals surface area contributed by atoms with Crippen molar-refractivity contribution in [1.82, 2.24) is 10.6 Å². The van der Waals surface area contributed by atoms with Crippen LogP contribution < -0.4 is 10.6 Å². The summed E-state index contributed by atoms with van der Waals surface area (Å²) >= 11 is 0. The van der Waals surface area contributed by atoms with Crippen molar-refractivity contribution in [3.63, 3.8) is 0 Å². The van der Waals surface area contributed by atoms with E-state index in [-0.39, 0.29) is 24.0 Å². The summed E-state index contributed by atoms with van der Waals surface area (Å²) in [6.07, 6.45) is 2.10. The predicted octanol–water partition coefficient (Wildman–Crippen LogP) is 2.89. The van der Waals surface area contributed by atoms with Gasteiger partial charge in [0.1, 0.15) is 0 Å². The minimum atomic E-state index is 0. The third-order valence-electron chi connectivity index (χ3n) is 2.81. The van der Waals surface area contributed by atoms with E-state index in [1.807, 2.05) is 0 Å². The van der Waals surface area contributed by atoms with Gasteiger partial charge in [0.05, 0.1) is 6.61 Å². The van der Waals surface area contributed by atoms with Crippen molar-refractivity contribution >= 4 is 29.9 Å². The van der Waals surface area contributed by atoms with Crippen LogP contribution in [0.2, 0.25) is 0 Å². The molecule has 0 unspecified atom stereocenters. The van der Waals surface area contributed by atoms with E-state index in [4.69, 9.17) is 9.47 Å². The van der Waals surface area contributed by atoms with Crippen molar-refractivity contribution < 1.29 is 9.47 Å². The van der Waals surface area contributed by atoms with E-state index in [0.717, 1.165) is 51.7 Å². The molecule has 2 N–H and O–H groups in total. The summed E-state index contributed by atoms with van der Waals surface area (Å²) in [7, 11) is 1.78. The molecular weight excluding hydrogens is 393 g/mol. The molecule has 0 amide bonds. The molecule has 0 spiro atoms. The van der Waals surface area contributed by atoms with Crippen molar-refractivity contribution in [2.45, 2.75) is 40.5 Å². The van der Waals surface area contributed by atoms with Gasteiger partial charge in [-0.2, -0.15) is 0 Å². The maximum absolute atomic E-state index is 5.55. The van der Waals surface area contributed by atoms with E-state index < -0.39 is 0 Å². The summed E-state index contributed by atoms with van der Waals surface area (Å²) in [6.45, 7) is 13.6. The highest BCUT2D eigenvalue weighted by molar-refractivity contribution is 14.0. The maximum atomic E-state index is 5.55. The van der Waals surface area contributed by atoms with Gasteiger partial charge in [0.15, 0.2) is 5.96 Å². The number of hydrogen-bond acceptors (Lipinski definition) is 3. The second kappa shape index (κ2) is 17.3. The number of ether oxygens (including phenoxy) is 2. The molecule has 0 bridgehead atoms.